The van der Waals surface area contributed by atoms with Crippen molar-refractivity contribution in [2.45, 2.75) is 13.5 Å². The normalized spacial score (nSPS) is 14.0. The SMILES string of the molecule is CCOc1ccccc1N1CCN(C(=O)c2ccc(Cn3nnc4ccccc43)cc2)CC1. The van der Waals surface area contributed by atoms with E-state index >= 15 is 0 Å². The van der Waals surface area contributed by atoms with E-state index in [1.807, 2.05) is 83.2 Å². The topological polar surface area (TPSA) is 63.5 Å². The summed E-state index contributed by atoms with van der Waals surface area (Å²) in [7, 11) is 0. The van der Waals surface area contributed by atoms with E-state index in [0.717, 1.165) is 41.1 Å². The Labute approximate surface area is 193 Å². The molecule has 168 valence electrons. The minimum absolute atomic E-state index is 0.0745. The first-order valence-electron chi connectivity index (χ1n) is 11.4. The van der Waals surface area contributed by atoms with Crippen LogP contribution >= 0.6 is 0 Å². The molecule has 0 aliphatic carbocycles. The van der Waals surface area contributed by atoms with Gasteiger partial charge < -0.3 is 14.5 Å². The average molecular weight is 442 g/mol. The summed E-state index contributed by atoms with van der Waals surface area (Å²) in [5, 5.41) is 8.46. The van der Waals surface area contributed by atoms with Crippen LogP contribution in [0.2, 0.25) is 0 Å². The number of ether oxygens (including phenoxy) is 1. The summed E-state index contributed by atoms with van der Waals surface area (Å²) in [4.78, 5) is 17.3. The lowest BCUT2D eigenvalue weighted by Crippen LogP contribution is -2.48. The lowest BCUT2D eigenvalue weighted by Gasteiger charge is -2.36. The third-order valence-corrected chi connectivity index (χ3v) is 6.03. The Balaban J connectivity index is 1.22. The van der Waals surface area contributed by atoms with Crippen molar-refractivity contribution in [3.8, 4) is 5.75 Å². The fraction of sp³-hybridized carbons (Fsp3) is 0.269. The second kappa shape index (κ2) is 9.32. The van der Waals surface area contributed by atoms with Gasteiger partial charge in [0.2, 0.25) is 0 Å². The summed E-state index contributed by atoms with van der Waals surface area (Å²) in [6, 6.07) is 23.8. The molecule has 1 amide bonds. The maximum Gasteiger partial charge on any atom is 0.253 e. The largest absolute Gasteiger partial charge is 0.492 e. The molecule has 1 aromatic heterocycles. The second-order valence-electron chi connectivity index (χ2n) is 8.11. The number of benzene rings is 3. The van der Waals surface area contributed by atoms with Crippen LogP contribution in [0, 0.1) is 0 Å². The average Bonchev–Trinajstić information content (AvgIpc) is 3.28. The molecule has 2 heterocycles. The first-order chi connectivity index (χ1) is 16.2. The molecule has 1 aliphatic rings. The second-order valence-corrected chi connectivity index (χ2v) is 8.11. The Morgan fingerprint density at radius 1 is 0.909 bits per heavy atom. The van der Waals surface area contributed by atoms with E-state index in [0.29, 0.717) is 31.8 Å². The highest BCUT2D eigenvalue weighted by Gasteiger charge is 2.23. The van der Waals surface area contributed by atoms with Gasteiger partial charge in [-0.15, -0.1) is 5.10 Å². The zero-order chi connectivity index (χ0) is 22.6. The number of aromatic nitrogens is 3. The summed E-state index contributed by atoms with van der Waals surface area (Å²) in [5.41, 5.74) is 4.77. The number of carbonyl (C=O) groups is 1. The van der Waals surface area contributed by atoms with E-state index in [2.05, 4.69) is 21.3 Å². The molecule has 1 fully saturated rings. The van der Waals surface area contributed by atoms with Gasteiger partial charge in [-0.1, -0.05) is 41.6 Å². The number of anilines is 1. The number of carbonyl (C=O) groups excluding carboxylic acids is 1. The van der Waals surface area contributed by atoms with Crippen LogP contribution in [-0.2, 0) is 6.54 Å². The summed E-state index contributed by atoms with van der Waals surface area (Å²) in [5.74, 6) is 0.973. The van der Waals surface area contributed by atoms with Crippen LogP contribution in [0.3, 0.4) is 0 Å². The van der Waals surface area contributed by atoms with Crippen LogP contribution < -0.4 is 9.64 Å². The Kier molecular flexibility index (Phi) is 5.93. The van der Waals surface area contributed by atoms with Gasteiger partial charge in [-0.05, 0) is 48.9 Å². The molecular weight excluding hydrogens is 414 g/mol. The zero-order valence-corrected chi connectivity index (χ0v) is 18.7. The fourth-order valence-corrected chi connectivity index (χ4v) is 4.29. The van der Waals surface area contributed by atoms with Crippen molar-refractivity contribution in [1.82, 2.24) is 19.9 Å². The van der Waals surface area contributed by atoms with Gasteiger partial charge in [-0.3, -0.25) is 4.79 Å². The van der Waals surface area contributed by atoms with Crippen molar-refractivity contribution >= 4 is 22.6 Å². The Morgan fingerprint density at radius 3 is 2.42 bits per heavy atom. The number of rotatable bonds is 6. The molecule has 0 bridgehead atoms. The first-order valence-corrected chi connectivity index (χ1v) is 11.4. The predicted molar refractivity (Wildman–Crippen MR) is 129 cm³/mol. The summed E-state index contributed by atoms with van der Waals surface area (Å²) in [6.45, 7) is 6.19. The number of nitrogens with zero attached hydrogens (tertiary/aromatic N) is 5. The maximum atomic E-state index is 13.1. The highest BCUT2D eigenvalue weighted by Crippen LogP contribution is 2.29. The van der Waals surface area contributed by atoms with Crippen molar-refractivity contribution in [3.05, 3.63) is 83.9 Å². The van der Waals surface area contributed by atoms with E-state index in [1.54, 1.807) is 0 Å². The van der Waals surface area contributed by atoms with Gasteiger partial charge in [0.1, 0.15) is 11.3 Å². The van der Waals surface area contributed by atoms with Gasteiger partial charge >= 0.3 is 0 Å². The van der Waals surface area contributed by atoms with Crippen LogP contribution in [0.5, 0.6) is 5.75 Å². The van der Waals surface area contributed by atoms with E-state index < -0.39 is 0 Å². The molecule has 1 aliphatic heterocycles. The van der Waals surface area contributed by atoms with E-state index in [1.165, 1.54) is 0 Å². The molecule has 1 saturated heterocycles. The Bertz CT molecular complexity index is 1240. The van der Waals surface area contributed by atoms with Crippen LogP contribution in [0.1, 0.15) is 22.8 Å². The van der Waals surface area contributed by atoms with Crippen LogP contribution in [0.15, 0.2) is 72.8 Å². The monoisotopic (exact) mass is 441 g/mol. The van der Waals surface area contributed by atoms with Crippen molar-refractivity contribution in [3.63, 3.8) is 0 Å². The molecule has 33 heavy (non-hydrogen) atoms. The molecule has 0 unspecified atom stereocenters. The van der Waals surface area contributed by atoms with Gasteiger partial charge in [-0.25, -0.2) is 4.68 Å². The number of piperazine rings is 1. The molecule has 0 saturated carbocycles. The summed E-state index contributed by atoms with van der Waals surface area (Å²) < 4.78 is 7.65. The third-order valence-electron chi connectivity index (χ3n) is 6.03. The van der Waals surface area contributed by atoms with Crippen molar-refractivity contribution in [2.75, 3.05) is 37.7 Å². The third kappa shape index (κ3) is 4.39. The minimum atomic E-state index is 0.0745. The van der Waals surface area contributed by atoms with Gasteiger partial charge in [0.05, 0.1) is 24.4 Å². The van der Waals surface area contributed by atoms with Crippen molar-refractivity contribution in [2.24, 2.45) is 0 Å². The number of para-hydroxylation sites is 3. The van der Waals surface area contributed by atoms with E-state index in [4.69, 9.17) is 4.74 Å². The highest BCUT2D eigenvalue weighted by atomic mass is 16.5. The molecule has 4 aromatic rings. The summed E-state index contributed by atoms with van der Waals surface area (Å²) >= 11 is 0. The minimum Gasteiger partial charge on any atom is -0.492 e. The van der Waals surface area contributed by atoms with Gasteiger partial charge in [0, 0.05) is 31.7 Å². The van der Waals surface area contributed by atoms with Crippen LogP contribution in [0.4, 0.5) is 5.69 Å². The molecule has 0 N–H and O–H groups in total. The van der Waals surface area contributed by atoms with Gasteiger partial charge in [-0.2, -0.15) is 0 Å². The van der Waals surface area contributed by atoms with Gasteiger partial charge in [0.15, 0.2) is 0 Å². The molecule has 7 nitrogen and oxygen atoms in total. The fourth-order valence-electron chi connectivity index (χ4n) is 4.29. The molecule has 5 rings (SSSR count). The van der Waals surface area contributed by atoms with Crippen LogP contribution in [-0.4, -0.2) is 58.6 Å². The predicted octanol–water partition coefficient (Wildman–Crippen LogP) is 3.84. The van der Waals surface area contributed by atoms with E-state index in [-0.39, 0.29) is 5.91 Å². The first kappa shape index (κ1) is 21.0. The number of amides is 1. The van der Waals surface area contributed by atoms with Gasteiger partial charge in [0.25, 0.3) is 5.91 Å². The smallest absolute Gasteiger partial charge is 0.253 e. The maximum absolute atomic E-state index is 13.1. The molecule has 0 atom stereocenters. The Hall–Kier alpha value is -3.87. The zero-order valence-electron chi connectivity index (χ0n) is 18.7. The molecule has 7 heteroatoms. The standard InChI is InChI=1S/C26H27N5O2/c1-2-33-25-10-6-5-9-24(25)29-15-17-30(18-16-29)26(32)21-13-11-20(12-14-21)19-31-23-8-4-3-7-22(23)27-28-31/h3-14H,2,15-19H2,1H3. The quantitative estimate of drug-likeness (QED) is 0.455. The lowest BCUT2D eigenvalue weighted by atomic mass is 10.1. The highest BCUT2D eigenvalue weighted by molar-refractivity contribution is 5.94. The molecule has 0 radical (unpaired) electrons. The number of hydrogen-bond donors (Lipinski definition) is 0. The van der Waals surface area contributed by atoms with E-state index in [9.17, 15) is 4.79 Å². The molecule has 0 spiro atoms. The van der Waals surface area contributed by atoms with Crippen molar-refractivity contribution < 1.29 is 9.53 Å². The van der Waals surface area contributed by atoms with Crippen LogP contribution in [0.25, 0.3) is 11.0 Å². The number of fused-ring (bicyclic) bond motifs is 1. The molecular formula is C26H27N5O2. The Morgan fingerprint density at radius 2 is 1.64 bits per heavy atom. The summed E-state index contributed by atoms with van der Waals surface area (Å²) in [6.07, 6.45) is 0. The molecule has 3 aromatic carbocycles. The lowest BCUT2D eigenvalue weighted by molar-refractivity contribution is 0.0746. The van der Waals surface area contributed by atoms with Crippen molar-refractivity contribution in [1.29, 1.82) is 0 Å². The number of hydrogen-bond acceptors (Lipinski definition) is 5.